The maximum absolute atomic E-state index is 14.4. The molecule has 2 heterocycles. The first-order valence-electron chi connectivity index (χ1n) is 25.1. The predicted octanol–water partition coefficient (Wildman–Crippen LogP) is 7.37. The van der Waals surface area contributed by atoms with E-state index in [0.29, 0.717) is 0 Å². The molecule has 0 bridgehead atoms. The van der Waals surface area contributed by atoms with Crippen LogP contribution in [0.4, 0.5) is 4.79 Å². The third kappa shape index (κ3) is 16.4. The standard InChI is InChI=1S/C59H58O19S/c1-67-57-51(75-55(62)43-29-17-7-18-30-43)49(73-53(60)41-25-13-5-14-26-41)47(45(71-57)37-68-35-39-21-9-3-10-22-39)77-58-52(76-56(63)44-31-19-8-20-32-44)50(74-54(61)42-27-15-6-16-28-42)48(78-59(64)70-33-34-79(2,65)66)46(72-58)38-69-36-40-23-11-4-12-24-40/h3-32,45-52,57-58H,33-38H2,1-2H3/t45-,46-,47-,48-,49+,50+,51-,52-,57+,58+/m1/s1. The highest BCUT2D eigenvalue weighted by Gasteiger charge is 2.58. The third-order valence-electron chi connectivity index (χ3n) is 12.4. The lowest BCUT2D eigenvalue weighted by atomic mass is 9.95. The van der Waals surface area contributed by atoms with Crippen molar-refractivity contribution in [1.82, 2.24) is 0 Å². The van der Waals surface area contributed by atoms with Crippen molar-refractivity contribution >= 4 is 39.9 Å². The Labute approximate surface area is 456 Å². The fourth-order valence-corrected chi connectivity index (χ4v) is 8.91. The molecule has 2 aliphatic rings. The molecular weight excluding hydrogens is 1040 g/mol. The zero-order valence-electron chi connectivity index (χ0n) is 43.0. The molecule has 2 saturated heterocycles. The average molecular weight is 1100 g/mol. The zero-order valence-corrected chi connectivity index (χ0v) is 43.8. The van der Waals surface area contributed by atoms with Crippen LogP contribution in [-0.4, -0.2) is 139 Å². The highest BCUT2D eigenvalue weighted by atomic mass is 32.2. The van der Waals surface area contributed by atoms with Gasteiger partial charge in [0.1, 0.15) is 24.9 Å². The van der Waals surface area contributed by atoms with E-state index in [1.54, 1.807) is 97.1 Å². The van der Waals surface area contributed by atoms with Crippen molar-refractivity contribution in [2.75, 3.05) is 38.9 Å². The minimum Gasteiger partial charge on any atom is -0.452 e. The molecule has 0 aromatic heterocycles. The van der Waals surface area contributed by atoms with Crippen LogP contribution in [0.15, 0.2) is 182 Å². The Hall–Kier alpha value is -7.82. The Morgan fingerprint density at radius 3 is 1.16 bits per heavy atom. The molecule has 6 aromatic carbocycles. The second-order valence-corrected chi connectivity index (χ2v) is 20.4. The maximum Gasteiger partial charge on any atom is 0.508 e. The van der Waals surface area contributed by atoms with Crippen LogP contribution in [-0.2, 0) is 79.9 Å². The highest BCUT2D eigenvalue weighted by molar-refractivity contribution is 7.90. The lowest BCUT2D eigenvalue weighted by molar-refractivity contribution is -0.356. The van der Waals surface area contributed by atoms with Crippen molar-refractivity contribution in [2.45, 2.75) is 74.6 Å². The van der Waals surface area contributed by atoms with E-state index in [9.17, 15) is 32.4 Å². The second kappa shape index (κ2) is 28.2. The number of benzene rings is 6. The van der Waals surface area contributed by atoms with Gasteiger partial charge in [-0.25, -0.2) is 32.4 Å². The molecule has 0 N–H and O–H groups in total. The number of carbonyl (C=O) groups excluding carboxylic acids is 5. The van der Waals surface area contributed by atoms with Gasteiger partial charge >= 0.3 is 30.0 Å². The molecule has 0 unspecified atom stereocenters. The summed E-state index contributed by atoms with van der Waals surface area (Å²) in [5, 5.41) is 0. The summed E-state index contributed by atoms with van der Waals surface area (Å²) in [6, 6.07) is 49.7. The summed E-state index contributed by atoms with van der Waals surface area (Å²) in [6.07, 6.45) is -17.1. The van der Waals surface area contributed by atoms with Crippen molar-refractivity contribution in [3.8, 4) is 0 Å². The summed E-state index contributed by atoms with van der Waals surface area (Å²) in [5.74, 6) is -4.27. The first-order chi connectivity index (χ1) is 38.3. The highest BCUT2D eigenvalue weighted by Crippen LogP contribution is 2.37. The number of esters is 4. The SMILES string of the molecule is CO[C@H]1O[C@H](COCc2ccccc2)[C@@H](O[C@@H]2O[C@H](COCc3ccccc3)[C@@H](OC(=O)OCCS(C)(=O)=O)[C@H](OC(=O)c3ccccc3)[C@H]2OC(=O)c2ccccc2)[C@H](OC(=O)c2ccccc2)[C@H]1OC(=O)c1ccccc1. The van der Waals surface area contributed by atoms with Crippen LogP contribution in [0.1, 0.15) is 52.6 Å². The fraction of sp³-hybridized carbons (Fsp3) is 0.305. The summed E-state index contributed by atoms with van der Waals surface area (Å²) < 4.78 is 99.0. The van der Waals surface area contributed by atoms with E-state index in [4.69, 9.17) is 56.8 Å². The molecule has 10 atom stereocenters. The van der Waals surface area contributed by atoms with Crippen LogP contribution in [0.3, 0.4) is 0 Å². The molecule has 79 heavy (non-hydrogen) atoms. The summed E-state index contributed by atoms with van der Waals surface area (Å²) in [5.41, 5.74) is 1.80. The Bertz CT molecular complexity index is 3010. The average Bonchev–Trinajstić information content (AvgIpc) is 3.53. The van der Waals surface area contributed by atoms with Crippen LogP contribution < -0.4 is 0 Å². The molecule has 6 aromatic rings. The molecule has 2 aliphatic heterocycles. The van der Waals surface area contributed by atoms with Gasteiger partial charge in [-0.2, -0.15) is 0 Å². The van der Waals surface area contributed by atoms with E-state index >= 15 is 0 Å². The lowest BCUT2D eigenvalue weighted by Crippen LogP contribution is -2.67. The Balaban J connectivity index is 1.26. The molecule has 0 spiro atoms. The van der Waals surface area contributed by atoms with E-state index in [1.807, 2.05) is 36.4 Å². The van der Waals surface area contributed by atoms with Gasteiger partial charge in [0.2, 0.25) is 0 Å². The molecule has 0 radical (unpaired) electrons. The summed E-state index contributed by atoms with van der Waals surface area (Å²) in [7, 11) is -2.32. The normalized spacial score (nSPS) is 22.8. The Morgan fingerprint density at radius 1 is 0.430 bits per heavy atom. The van der Waals surface area contributed by atoms with Crippen LogP contribution in [0.2, 0.25) is 0 Å². The number of rotatable bonds is 23. The number of methoxy groups -OCH3 is 1. The van der Waals surface area contributed by atoms with Gasteiger partial charge in [-0.1, -0.05) is 133 Å². The third-order valence-corrected chi connectivity index (χ3v) is 13.3. The number of ether oxygens (including phenoxy) is 12. The number of hydrogen-bond acceptors (Lipinski definition) is 19. The minimum absolute atomic E-state index is 0.0136. The zero-order chi connectivity index (χ0) is 55.6. The second-order valence-electron chi connectivity index (χ2n) is 18.2. The summed E-state index contributed by atoms with van der Waals surface area (Å²) in [6.45, 7) is -1.32. The topological polar surface area (TPSA) is 230 Å². The van der Waals surface area contributed by atoms with Gasteiger partial charge < -0.3 is 56.8 Å². The molecule has 414 valence electrons. The molecule has 19 nitrogen and oxygen atoms in total. The summed E-state index contributed by atoms with van der Waals surface area (Å²) in [4.78, 5) is 71.0. The Kier molecular flexibility index (Phi) is 20.5. The molecule has 0 saturated carbocycles. The van der Waals surface area contributed by atoms with Crippen molar-refractivity contribution < 1.29 is 89.2 Å². The van der Waals surface area contributed by atoms with Gasteiger partial charge in [0.25, 0.3) is 0 Å². The molecule has 2 fully saturated rings. The predicted molar refractivity (Wildman–Crippen MR) is 280 cm³/mol. The monoisotopic (exact) mass is 1100 g/mol. The number of sulfone groups is 1. The van der Waals surface area contributed by atoms with Crippen LogP contribution in [0.25, 0.3) is 0 Å². The molecule has 0 aliphatic carbocycles. The van der Waals surface area contributed by atoms with E-state index < -0.39 is 120 Å². The van der Waals surface area contributed by atoms with Gasteiger partial charge in [-0.05, 0) is 59.7 Å². The number of carbonyl (C=O) groups is 5. The Morgan fingerprint density at radius 2 is 0.772 bits per heavy atom. The molecule has 20 heteroatoms. The van der Waals surface area contributed by atoms with E-state index in [2.05, 4.69) is 0 Å². The first-order valence-corrected chi connectivity index (χ1v) is 27.2. The van der Waals surface area contributed by atoms with Crippen molar-refractivity contribution in [2.24, 2.45) is 0 Å². The van der Waals surface area contributed by atoms with Gasteiger partial charge in [0.15, 0.2) is 52.9 Å². The quantitative estimate of drug-likeness (QED) is 0.0450. The van der Waals surface area contributed by atoms with E-state index in [0.717, 1.165) is 17.4 Å². The van der Waals surface area contributed by atoms with Crippen molar-refractivity contribution in [1.29, 1.82) is 0 Å². The van der Waals surface area contributed by atoms with Crippen molar-refractivity contribution in [3.63, 3.8) is 0 Å². The van der Waals surface area contributed by atoms with Crippen molar-refractivity contribution in [3.05, 3.63) is 215 Å². The fourth-order valence-electron chi connectivity index (χ4n) is 8.52. The number of hydrogen-bond donors (Lipinski definition) is 0. The van der Waals surface area contributed by atoms with Crippen LogP contribution in [0, 0.1) is 0 Å². The first kappa shape index (κ1) is 57.4. The van der Waals surface area contributed by atoms with Gasteiger partial charge in [-0.15, -0.1) is 0 Å². The minimum atomic E-state index is -3.62. The van der Waals surface area contributed by atoms with Gasteiger partial charge in [0.05, 0.1) is 54.4 Å². The molecule has 0 amide bonds. The van der Waals surface area contributed by atoms with Crippen LogP contribution in [0.5, 0.6) is 0 Å². The van der Waals surface area contributed by atoms with E-state index in [-0.39, 0.29) is 42.1 Å². The smallest absolute Gasteiger partial charge is 0.452 e. The largest absolute Gasteiger partial charge is 0.508 e. The van der Waals surface area contributed by atoms with Gasteiger partial charge in [0, 0.05) is 13.4 Å². The van der Waals surface area contributed by atoms with E-state index in [1.165, 1.54) is 55.6 Å². The molecular formula is C59H58O19S. The van der Waals surface area contributed by atoms with Crippen LogP contribution >= 0.6 is 0 Å². The molecule has 8 rings (SSSR count). The summed E-state index contributed by atoms with van der Waals surface area (Å²) >= 11 is 0. The lowest BCUT2D eigenvalue weighted by Gasteiger charge is -2.48. The maximum atomic E-state index is 14.4. The van der Waals surface area contributed by atoms with Gasteiger partial charge in [-0.3, -0.25) is 0 Å².